The molecule has 3 rings (SSSR count). The number of piperidine rings is 1. The number of carbonyl (C=O) groups is 1. The fraction of sp³-hybridized carbons (Fsp3) is 0.938. The number of carbonyl (C=O) groups excluding carboxylic acids is 1. The average molecular weight is 280 g/mol. The average Bonchev–Trinajstić information content (AvgIpc) is 2.82. The van der Waals surface area contributed by atoms with Crippen molar-refractivity contribution < 1.29 is 9.53 Å². The maximum absolute atomic E-state index is 12.9. The van der Waals surface area contributed by atoms with Crippen LogP contribution in [0.5, 0.6) is 0 Å². The summed E-state index contributed by atoms with van der Waals surface area (Å²) in [5.41, 5.74) is 0.438. The first-order valence-corrected chi connectivity index (χ1v) is 8.12. The Balaban J connectivity index is 1.66. The van der Waals surface area contributed by atoms with Gasteiger partial charge in [0.2, 0.25) is 5.91 Å². The van der Waals surface area contributed by atoms with Gasteiger partial charge in [-0.15, -0.1) is 0 Å². The van der Waals surface area contributed by atoms with E-state index in [1.807, 2.05) is 0 Å². The molecule has 3 aliphatic heterocycles. The van der Waals surface area contributed by atoms with Gasteiger partial charge >= 0.3 is 0 Å². The Morgan fingerprint density at radius 2 is 1.95 bits per heavy atom. The van der Waals surface area contributed by atoms with Crippen molar-refractivity contribution in [2.24, 2.45) is 10.8 Å². The summed E-state index contributed by atoms with van der Waals surface area (Å²) in [6.07, 6.45) is 5.73. The molecule has 114 valence electrons. The number of likely N-dealkylation sites (tertiary alicyclic amines) is 1. The SMILES string of the molecule is CC1(C)CCCNC1C(=O)N1CCC2(CCOCC2)C1. The summed E-state index contributed by atoms with van der Waals surface area (Å²) in [5.74, 6) is 0.332. The maximum atomic E-state index is 12.9. The fourth-order valence-electron chi connectivity index (χ4n) is 4.15. The lowest BCUT2D eigenvalue weighted by Crippen LogP contribution is -2.56. The molecule has 3 fully saturated rings. The second-order valence-electron chi connectivity index (χ2n) is 7.60. The van der Waals surface area contributed by atoms with Crippen molar-refractivity contribution in [2.75, 3.05) is 32.8 Å². The van der Waals surface area contributed by atoms with E-state index in [-0.39, 0.29) is 11.5 Å². The Hall–Kier alpha value is -0.610. The molecule has 1 N–H and O–H groups in total. The third-order valence-corrected chi connectivity index (χ3v) is 5.68. The third-order valence-electron chi connectivity index (χ3n) is 5.68. The van der Waals surface area contributed by atoms with Crippen LogP contribution < -0.4 is 5.32 Å². The van der Waals surface area contributed by atoms with Gasteiger partial charge < -0.3 is 15.0 Å². The van der Waals surface area contributed by atoms with Gasteiger partial charge in [0.05, 0.1) is 6.04 Å². The lowest BCUT2D eigenvalue weighted by Gasteiger charge is -2.40. The summed E-state index contributed by atoms with van der Waals surface area (Å²) in [6.45, 7) is 9.05. The number of amides is 1. The Bertz CT molecular complexity index is 375. The standard InChI is InChI=1S/C16H28N2O2/c1-15(2)4-3-8-17-13(15)14(19)18-9-5-16(12-18)6-10-20-11-7-16/h13,17H,3-12H2,1-2H3. The van der Waals surface area contributed by atoms with E-state index in [4.69, 9.17) is 4.74 Å². The molecule has 0 bridgehead atoms. The van der Waals surface area contributed by atoms with Gasteiger partial charge in [0, 0.05) is 26.3 Å². The molecule has 4 nitrogen and oxygen atoms in total. The minimum Gasteiger partial charge on any atom is -0.381 e. The van der Waals surface area contributed by atoms with Crippen LogP contribution in [0.25, 0.3) is 0 Å². The van der Waals surface area contributed by atoms with E-state index in [9.17, 15) is 4.79 Å². The molecule has 0 saturated carbocycles. The van der Waals surface area contributed by atoms with Gasteiger partial charge in [-0.3, -0.25) is 4.79 Å². The Morgan fingerprint density at radius 3 is 2.65 bits per heavy atom. The highest BCUT2D eigenvalue weighted by molar-refractivity contribution is 5.83. The van der Waals surface area contributed by atoms with Crippen molar-refractivity contribution in [1.29, 1.82) is 0 Å². The van der Waals surface area contributed by atoms with Gasteiger partial charge in [-0.05, 0) is 49.5 Å². The highest BCUT2D eigenvalue weighted by Crippen LogP contribution is 2.41. The van der Waals surface area contributed by atoms with E-state index in [0.717, 1.165) is 58.5 Å². The zero-order valence-corrected chi connectivity index (χ0v) is 12.9. The first kappa shape index (κ1) is 14.3. The van der Waals surface area contributed by atoms with Crippen LogP contribution in [0.1, 0.15) is 46.0 Å². The second-order valence-corrected chi connectivity index (χ2v) is 7.60. The highest BCUT2D eigenvalue weighted by Gasteiger charge is 2.45. The summed E-state index contributed by atoms with van der Waals surface area (Å²) in [5, 5.41) is 3.46. The molecule has 0 aromatic rings. The molecule has 1 amide bonds. The zero-order chi connectivity index (χ0) is 14.2. The van der Waals surface area contributed by atoms with E-state index >= 15 is 0 Å². The first-order chi connectivity index (χ1) is 9.53. The van der Waals surface area contributed by atoms with E-state index in [2.05, 4.69) is 24.1 Å². The van der Waals surface area contributed by atoms with Crippen LogP contribution >= 0.6 is 0 Å². The summed E-state index contributed by atoms with van der Waals surface area (Å²) >= 11 is 0. The van der Waals surface area contributed by atoms with E-state index in [1.54, 1.807) is 0 Å². The molecular formula is C16H28N2O2. The molecule has 1 unspecified atom stereocenters. The van der Waals surface area contributed by atoms with Gasteiger partial charge in [-0.1, -0.05) is 13.8 Å². The van der Waals surface area contributed by atoms with Crippen molar-refractivity contribution in [3.63, 3.8) is 0 Å². The highest BCUT2D eigenvalue weighted by atomic mass is 16.5. The van der Waals surface area contributed by atoms with Crippen LogP contribution in [0, 0.1) is 10.8 Å². The van der Waals surface area contributed by atoms with Gasteiger partial charge in [-0.25, -0.2) is 0 Å². The van der Waals surface area contributed by atoms with Crippen LogP contribution in [-0.2, 0) is 9.53 Å². The number of ether oxygens (including phenoxy) is 1. The van der Waals surface area contributed by atoms with Crippen LogP contribution in [0.4, 0.5) is 0 Å². The van der Waals surface area contributed by atoms with Crippen molar-refractivity contribution in [3.8, 4) is 0 Å². The van der Waals surface area contributed by atoms with Crippen molar-refractivity contribution in [3.05, 3.63) is 0 Å². The molecule has 20 heavy (non-hydrogen) atoms. The number of hydrogen-bond donors (Lipinski definition) is 1. The molecule has 0 aromatic carbocycles. The molecule has 0 aliphatic carbocycles. The quantitative estimate of drug-likeness (QED) is 0.796. The number of hydrogen-bond acceptors (Lipinski definition) is 3. The molecular weight excluding hydrogens is 252 g/mol. The van der Waals surface area contributed by atoms with E-state index < -0.39 is 0 Å². The Labute approximate surface area is 122 Å². The predicted molar refractivity (Wildman–Crippen MR) is 78.5 cm³/mol. The van der Waals surface area contributed by atoms with Gasteiger partial charge in [0.1, 0.15) is 0 Å². The zero-order valence-electron chi connectivity index (χ0n) is 12.9. The van der Waals surface area contributed by atoms with Crippen LogP contribution in [0.15, 0.2) is 0 Å². The first-order valence-electron chi connectivity index (χ1n) is 8.12. The van der Waals surface area contributed by atoms with Gasteiger partial charge in [-0.2, -0.15) is 0 Å². The van der Waals surface area contributed by atoms with Crippen LogP contribution in [0.3, 0.4) is 0 Å². The summed E-state index contributed by atoms with van der Waals surface area (Å²) in [7, 11) is 0. The van der Waals surface area contributed by atoms with Crippen LogP contribution in [-0.4, -0.2) is 49.7 Å². The van der Waals surface area contributed by atoms with E-state index in [1.165, 1.54) is 6.42 Å². The largest absolute Gasteiger partial charge is 0.381 e. The Morgan fingerprint density at radius 1 is 1.20 bits per heavy atom. The molecule has 0 aromatic heterocycles. The Kier molecular flexibility index (Phi) is 3.80. The number of rotatable bonds is 1. The fourth-order valence-corrected chi connectivity index (χ4v) is 4.15. The predicted octanol–water partition coefficient (Wildman–Crippen LogP) is 1.79. The topological polar surface area (TPSA) is 41.6 Å². The summed E-state index contributed by atoms with van der Waals surface area (Å²) < 4.78 is 5.49. The molecule has 0 radical (unpaired) electrons. The van der Waals surface area contributed by atoms with E-state index in [0.29, 0.717) is 11.3 Å². The number of nitrogens with one attached hydrogen (secondary N) is 1. The van der Waals surface area contributed by atoms with Crippen molar-refractivity contribution in [1.82, 2.24) is 10.2 Å². The molecule has 1 spiro atoms. The normalized spacial score (nSPS) is 32.5. The smallest absolute Gasteiger partial charge is 0.240 e. The summed E-state index contributed by atoms with van der Waals surface area (Å²) in [6, 6.07) is 0.00578. The van der Waals surface area contributed by atoms with Crippen molar-refractivity contribution in [2.45, 2.75) is 52.0 Å². The van der Waals surface area contributed by atoms with Crippen molar-refractivity contribution >= 4 is 5.91 Å². The van der Waals surface area contributed by atoms with Crippen LogP contribution in [0.2, 0.25) is 0 Å². The molecule has 4 heteroatoms. The lowest BCUT2D eigenvalue weighted by atomic mass is 9.76. The minimum absolute atomic E-state index is 0.00578. The number of nitrogens with zero attached hydrogens (tertiary/aromatic N) is 1. The maximum Gasteiger partial charge on any atom is 0.240 e. The molecule has 1 atom stereocenters. The van der Waals surface area contributed by atoms with Gasteiger partial charge in [0.25, 0.3) is 0 Å². The summed E-state index contributed by atoms with van der Waals surface area (Å²) in [4.78, 5) is 15.0. The molecule has 3 heterocycles. The molecule has 3 aliphatic rings. The minimum atomic E-state index is 0.00578. The second kappa shape index (κ2) is 5.30. The lowest BCUT2D eigenvalue weighted by molar-refractivity contribution is -0.137. The van der Waals surface area contributed by atoms with Gasteiger partial charge in [0.15, 0.2) is 0 Å². The molecule has 3 saturated heterocycles. The third kappa shape index (κ3) is 2.60. The monoisotopic (exact) mass is 280 g/mol.